The Morgan fingerprint density at radius 1 is 1.26 bits per heavy atom. The molecule has 23 heavy (non-hydrogen) atoms. The molecular formula is C15H20N6OS. The molecule has 1 saturated heterocycles. The van der Waals surface area contributed by atoms with Crippen LogP contribution in [-0.4, -0.2) is 50.9 Å². The minimum atomic E-state index is -0.159. The number of anilines is 2. The van der Waals surface area contributed by atoms with Gasteiger partial charge in [0.05, 0.1) is 6.04 Å². The van der Waals surface area contributed by atoms with Crippen LogP contribution in [0.1, 0.15) is 19.8 Å². The number of likely N-dealkylation sites (tertiary alicyclic amines) is 1. The molecule has 1 fully saturated rings. The van der Waals surface area contributed by atoms with Crippen LogP contribution in [0.2, 0.25) is 0 Å². The third kappa shape index (κ3) is 4.23. The summed E-state index contributed by atoms with van der Waals surface area (Å²) in [5.41, 5.74) is 0. The Hall–Kier alpha value is -2.06. The number of rotatable bonds is 5. The molecule has 8 heteroatoms. The number of hydrogen-bond donors (Lipinski definition) is 2. The van der Waals surface area contributed by atoms with Crippen LogP contribution in [0, 0.1) is 0 Å². The standard InChI is InChI=1S/C15H20N6OS/c1-11(13(22)20-15-18-7-10-23-15)21-8-3-12(4-9-21)19-14-16-5-2-6-17-14/h2,5-7,10-12H,3-4,8-9H2,1H3,(H,16,17,19)(H,18,20,22)/t11-/m1/s1. The lowest BCUT2D eigenvalue weighted by atomic mass is 10.0. The Morgan fingerprint density at radius 3 is 2.65 bits per heavy atom. The third-order valence-electron chi connectivity index (χ3n) is 4.02. The van der Waals surface area contributed by atoms with Gasteiger partial charge in [0.2, 0.25) is 11.9 Å². The molecule has 122 valence electrons. The zero-order valence-corrected chi connectivity index (χ0v) is 13.8. The molecule has 0 aliphatic carbocycles. The van der Waals surface area contributed by atoms with E-state index in [1.54, 1.807) is 24.7 Å². The van der Waals surface area contributed by atoms with Crippen molar-refractivity contribution in [2.45, 2.75) is 31.8 Å². The summed E-state index contributed by atoms with van der Waals surface area (Å²) in [5, 5.41) is 8.71. The minimum absolute atomic E-state index is 0.00208. The van der Waals surface area contributed by atoms with Crippen molar-refractivity contribution in [1.82, 2.24) is 19.9 Å². The number of amides is 1. The summed E-state index contributed by atoms with van der Waals surface area (Å²) in [7, 11) is 0. The second kappa shape index (κ2) is 7.47. The maximum atomic E-state index is 12.3. The molecule has 3 rings (SSSR count). The second-order valence-corrected chi connectivity index (χ2v) is 6.42. The van der Waals surface area contributed by atoms with Gasteiger partial charge in [-0.05, 0) is 25.8 Å². The molecule has 0 saturated carbocycles. The fourth-order valence-corrected chi connectivity index (χ4v) is 3.18. The first-order chi connectivity index (χ1) is 11.2. The first kappa shape index (κ1) is 15.8. The van der Waals surface area contributed by atoms with Crippen LogP contribution >= 0.6 is 11.3 Å². The minimum Gasteiger partial charge on any atom is -0.351 e. The molecule has 2 aromatic rings. The maximum absolute atomic E-state index is 12.3. The van der Waals surface area contributed by atoms with E-state index in [0.717, 1.165) is 25.9 Å². The number of thiazole rings is 1. The van der Waals surface area contributed by atoms with Gasteiger partial charge in [-0.3, -0.25) is 9.69 Å². The van der Waals surface area contributed by atoms with E-state index < -0.39 is 0 Å². The summed E-state index contributed by atoms with van der Waals surface area (Å²) in [6.07, 6.45) is 7.08. The molecule has 1 amide bonds. The van der Waals surface area contributed by atoms with Gasteiger partial charge in [-0.25, -0.2) is 15.0 Å². The monoisotopic (exact) mass is 332 g/mol. The van der Waals surface area contributed by atoms with Gasteiger partial charge in [-0.1, -0.05) is 0 Å². The summed E-state index contributed by atoms with van der Waals surface area (Å²) in [6.45, 7) is 3.69. The van der Waals surface area contributed by atoms with Crippen LogP contribution in [0.15, 0.2) is 30.0 Å². The van der Waals surface area contributed by atoms with Crippen LogP contribution in [-0.2, 0) is 4.79 Å². The summed E-state index contributed by atoms with van der Waals surface area (Å²) in [5.74, 6) is 0.665. The van der Waals surface area contributed by atoms with Gasteiger partial charge in [0.25, 0.3) is 0 Å². The van der Waals surface area contributed by atoms with Crippen molar-refractivity contribution in [2.75, 3.05) is 23.7 Å². The van der Waals surface area contributed by atoms with E-state index in [4.69, 9.17) is 0 Å². The van der Waals surface area contributed by atoms with E-state index in [2.05, 4.69) is 30.5 Å². The highest BCUT2D eigenvalue weighted by molar-refractivity contribution is 7.13. The van der Waals surface area contributed by atoms with Gasteiger partial charge < -0.3 is 10.6 Å². The van der Waals surface area contributed by atoms with Crippen LogP contribution < -0.4 is 10.6 Å². The van der Waals surface area contributed by atoms with Crippen LogP contribution in [0.4, 0.5) is 11.1 Å². The Labute approximate surface area is 139 Å². The molecule has 0 spiro atoms. The average molecular weight is 332 g/mol. The van der Waals surface area contributed by atoms with Gasteiger partial charge in [-0.2, -0.15) is 0 Å². The molecule has 0 aromatic carbocycles. The van der Waals surface area contributed by atoms with Crippen molar-refractivity contribution < 1.29 is 4.79 Å². The largest absolute Gasteiger partial charge is 0.351 e. The Morgan fingerprint density at radius 2 is 2.00 bits per heavy atom. The van der Waals surface area contributed by atoms with Crippen LogP contribution in [0.25, 0.3) is 0 Å². The van der Waals surface area contributed by atoms with Crippen LogP contribution in [0.5, 0.6) is 0 Å². The maximum Gasteiger partial charge on any atom is 0.243 e. The predicted molar refractivity (Wildman–Crippen MR) is 90.5 cm³/mol. The van der Waals surface area contributed by atoms with Gasteiger partial charge in [0, 0.05) is 43.1 Å². The van der Waals surface area contributed by atoms with Crippen LogP contribution in [0.3, 0.4) is 0 Å². The normalized spacial score (nSPS) is 17.6. The Bertz CT molecular complexity index is 612. The van der Waals surface area contributed by atoms with Crippen molar-refractivity contribution in [3.63, 3.8) is 0 Å². The average Bonchev–Trinajstić information content (AvgIpc) is 3.09. The number of piperidine rings is 1. The number of hydrogen-bond acceptors (Lipinski definition) is 7. The fraction of sp³-hybridized carbons (Fsp3) is 0.467. The van der Waals surface area contributed by atoms with Gasteiger partial charge in [-0.15, -0.1) is 11.3 Å². The van der Waals surface area contributed by atoms with E-state index in [9.17, 15) is 4.79 Å². The summed E-state index contributed by atoms with van der Waals surface area (Å²) in [4.78, 5) is 26.9. The predicted octanol–water partition coefficient (Wildman–Crippen LogP) is 1.84. The third-order valence-corrected chi connectivity index (χ3v) is 4.71. The van der Waals surface area contributed by atoms with Crippen molar-refractivity contribution in [3.8, 4) is 0 Å². The second-order valence-electron chi connectivity index (χ2n) is 5.53. The highest BCUT2D eigenvalue weighted by atomic mass is 32.1. The van der Waals surface area contributed by atoms with E-state index in [1.807, 2.05) is 12.3 Å². The number of nitrogens with one attached hydrogen (secondary N) is 2. The topological polar surface area (TPSA) is 83.0 Å². The van der Waals surface area contributed by atoms with Crippen molar-refractivity contribution in [1.29, 1.82) is 0 Å². The molecule has 1 aliphatic heterocycles. The molecule has 0 radical (unpaired) electrons. The first-order valence-electron chi connectivity index (χ1n) is 7.70. The zero-order valence-electron chi connectivity index (χ0n) is 13.0. The van der Waals surface area contributed by atoms with Crippen molar-refractivity contribution in [3.05, 3.63) is 30.0 Å². The molecule has 1 aliphatic rings. The fourth-order valence-electron chi connectivity index (χ4n) is 2.65. The smallest absolute Gasteiger partial charge is 0.243 e. The summed E-state index contributed by atoms with van der Waals surface area (Å²) in [6, 6.07) is 1.99. The molecule has 2 aromatic heterocycles. The van der Waals surface area contributed by atoms with Crippen molar-refractivity contribution in [2.24, 2.45) is 0 Å². The van der Waals surface area contributed by atoms with E-state index in [0.29, 0.717) is 17.1 Å². The summed E-state index contributed by atoms with van der Waals surface area (Å²) >= 11 is 1.43. The molecule has 7 nitrogen and oxygen atoms in total. The molecule has 0 unspecified atom stereocenters. The molecule has 2 N–H and O–H groups in total. The number of carbonyl (C=O) groups excluding carboxylic acids is 1. The molecule has 3 heterocycles. The highest BCUT2D eigenvalue weighted by Gasteiger charge is 2.27. The highest BCUT2D eigenvalue weighted by Crippen LogP contribution is 2.17. The number of nitrogens with zero attached hydrogens (tertiary/aromatic N) is 4. The zero-order chi connectivity index (χ0) is 16.1. The molecule has 1 atom stereocenters. The Kier molecular flexibility index (Phi) is 5.14. The molecule has 0 bridgehead atoms. The number of aromatic nitrogens is 3. The first-order valence-corrected chi connectivity index (χ1v) is 8.58. The quantitative estimate of drug-likeness (QED) is 0.869. The van der Waals surface area contributed by atoms with Gasteiger partial charge in [0.15, 0.2) is 5.13 Å². The number of carbonyl (C=O) groups is 1. The lowest BCUT2D eigenvalue weighted by Gasteiger charge is -2.35. The lowest BCUT2D eigenvalue weighted by molar-refractivity contribution is -0.121. The van der Waals surface area contributed by atoms with Gasteiger partial charge >= 0.3 is 0 Å². The SMILES string of the molecule is C[C@H](C(=O)Nc1nccs1)N1CCC(Nc2ncccn2)CC1. The lowest BCUT2D eigenvalue weighted by Crippen LogP contribution is -2.48. The Balaban J connectivity index is 1.47. The summed E-state index contributed by atoms with van der Waals surface area (Å²) < 4.78 is 0. The molecular weight excluding hydrogens is 312 g/mol. The van der Waals surface area contributed by atoms with E-state index in [1.165, 1.54) is 11.3 Å². The van der Waals surface area contributed by atoms with E-state index >= 15 is 0 Å². The van der Waals surface area contributed by atoms with Crippen molar-refractivity contribution >= 4 is 28.3 Å². The van der Waals surface area contributed by atoms with E-state index in [-0.39, 0.29) is 11.9 Å². The van der Waals surface area contributed by atoms with Gasteiger partial charge in [0.1, 0.15) is 0 Å².